The van der Waals surface area contributed by atoms with Crippen LogP contribution in [0.5, 0.6) is 0 Å². The maximum Gasteiger partial charge on any atom is 0.0366 e. The molecule has 2 heteroatoms. The van der Waals surface area contributed by atoms with Gasteiger partial charge in [-0.1, -0.05) is 61.0 Å². The zero-order valence-corrected chi connectivity index (χ0v) is 15.5. The number of aromatic nitrogens is 1. The summed E-state index contributed by atoms with van der Waals surface area (Å²) in [5.74, 6) is 0. The Morgan fingerprint density at radius 2 is 1.59 bits per heavy atom. The SMILES string of the molecule is c1cncc(C2CCCCN2Cc2c3ccccc3cc3ccccc23)c1. The van der Waals surface area contributed by atoms with Gasteiger partial charge in [-0.15, -0.1) is 0 Å². The first-order chi connectivity index (χ1) is 13.4. The summed E-state index contributed by atoms with van der Waals surface area (Å²) in [6, 6.07) is 24.7. The molecular formula is C25H24N2. The van der Waals surface area contributed by atoms with Gasteiger partial charge in [0, 0.05) is 25.0 Å². The van der Waals surface area contributed by atoms with Crippen molar-refractivity contribution in [3.05, 3.63) is 90.3 Å². The topological polar surface area (TPSA) is 16.1 Å². The second-order valence-electron chi connectivity index (χ2n) is 7.57. The first kappa shape index (κ1) is 16.5. The zero-order chi connectivity index (χ0) is 18.1. The third-order valence-corrected chi connectivity index (χ3v) is 5.93. The minimum atomic E-state index is 0.463. The lowest BCUT2D eigenvalue weighted by Crippen LogP contribution is -2.33. The normalized spacial score (nSPS) is 18.1. The highest BCUT2D eigenvalue weighted by Crippen LogP contribution is 2.35. The summed E-state index contributed by atoms with van der Waals surface area (Å²) in [5.41, 5.74) is 2.81. The summed E-state index contributed by atoms with van der Waals surface area (Å²) < 4.78 is 0. The second kappa shape index (κ2) is 7.13. The number of rotatable bonds is 3. The van der Waals surface area contributed by atoms with Crippen LogP contribution in [-0.4, -0.2) is 16.4 Å². The zero-order valence-electron chi connectivity index (χ0n) is 15.5. The minimum Gasteiger partial charge on any atom is -0.292 e. The fourth-order valence-electron chi connectivity index (χ4n) is 4.61. The third kappa shape index (κ3) is 3.11. The number of benzene rings is 3. The number of pyridine rings is 1. The van der Waals surface area contributed by atoms with Crippen LogP contribution >= 0.6 is 0 Å². The molecule has 0 spiro atoms. The largest absolute Gasteiger partial charge is 0.292 e. The van der Waals surface area contributed by atoms with E-state index in [1.165, 1.54) is 51.9 Å². The number of piperidine rings is 1. The van der Waals surface area contributed by atoms with E-state index < -0.39 is 0 Å². The highest BCUT2D eigenvalue weighted by atomic mass is 15.2. The lowest BCUT2D eigenvalue weighted by molar-refractivity contribution is 0.141. The number of likely N-dealkylation sites (tertiary alicyclic amines) is 1. The Kier molecular flexibility index (Phi) is 4.35. The highest BCUT2D eigenvalue weighted by molar-refractivity contribution is 6.02. The van der Waals surface area contributed by atoms with E-state index in [1.54, 1.807) is 0 Å². The smallest absolute Gasteiger partial charge is 0.0366 e. The van der Waals surface area contributed by atoms with Gasteiger partial charge in [-0.05, 0) is 64.2 Å². The molecule has 0 saturated carbocycles. The maximum atomic E-state index is 4.37. The van der Waals surface area contributed by atoms with Gasteiger partial charge in [-0.2, -0.15) is 0 Å². The van der Waals surface area contributed by atoms with Crippen LogP contribution in [0.3, 0.4) is 0 Å². The molecule has 5 rings (SSSR count). The van der Waals surface area contributed by atoms with Crippen molar-refractivity contribution in [1.29, 1.82) is 0 Å². The molecule has 0 radical (unpaired) electrons. The molecule has 1 saturated heterocycles. The van der Waals surface area contributed by atoms with E-state index in [0.717, 1.165) is 13.1 Å². The molecular weight excluding hydrogens is 328 g/mol. The van der Waals surface area contributed by atoms with Crippen molar-refractivity contribution in [1.82, 2.24) is 9.88 Å². The maximum absolute atomic E-state index is 4.37. The van der Waals surface area contributed by atoms with Crippen molar-refractivity contribution in [3.8, 4) is 0 Å². The van der Waals surface area contributed by atoms with Crippen LogP contribution in [0.2, 0.25) is 0 Å². The molecule has 2 heterocycles. The minimum absolute atomic E-state index is 0.463. The van der Waals surface area contributed by atoms with Gasteiger partial charge in [-0.3, -0.25) is 9.88 Å². The van der Waals surface area contributed by atoms with Crippen LogP contribution < -0.4 is 0 Å². The van der Waals surface area contributed by atoms with Crippen molar-refractivity contribution in [2.45, 2.75) is 31.8 Å². The molecule has 134 valence electrons. The number of hydrogen-bond donors (Lipinski definition) is 0. The van der Waals surface area contributed by atoms with Gasteiger partial charge in [-0.25, -0.2) is 0 Å². The summed E-state index contributed by atoms with van der Waals surface area (Å²) in [5, 5.41) is 5.43. The van der Waals surface area contributed by atoms with Gasteiger partial charge in [0.1, 0.15) is 0 Å². The van der Waals surface area contributed by atoms with Crippen LogP contribution in [-0.2, 0) is 6.54 Å². The predicted octanol–water partition coefficient (Wildman–Crippen LogP) is 6.12. The van der Waals surface area contributed by atoms with Gasteiger partial charge < -0.3 is 0 Å². The Bertz CT molecular complexity index is 1020. The Balaban J connectivity index is 1.62. The quantitative estimate of drug-likeness (QED) is 0.413. The van der Waals surface area contributed by atoms with E-state index in [1.807, 2.05) is 12.4 Å². The molecule has 0 aliphatic carbocycles. The van der Waals surface area contributed by atoms with Crippen LogP contribution in [0.1, 0.15) is 36.4 Å². The lowest BCUT2D eigenvalue weighted by atomic mass is 9.93. The Hall–Kier alpha value is -2.71. The van der Waals surface area contributed by atoms with Crippen LogP contribution in [0.4, 0.5) is 0 Å². The summed E-state index contributed by atoms with van der Waals surface area (Å²) in [6.45, 7) is 2.14. The van der Waals surface area contributed by atoms with Crippen LogP contribution in [0.25, 0.3) is 21.5 Å². The van der Waals surface area contributed by atoms with E-state index >= 15 is 0 Å². The Morgan fingerprint density at radius 3 is 2.30 bits per heavy atom. The molecule has 27 heavy (non-hydrogen) atoms. The van der Waals surface area contributed by atoms with E-state index in [4.69, 9.17) is 0 Å². The molecule has 0 amide bonds. The molecule has 3 aromatic carbocycles. The van der Waals surface area contributed by atoms with Crippen molar-refractivity contribution in [2.75, 3.05) is 6.54 Å². The molecule has 2 nitrogen and oxygen atoms in total. The van der Waals surface area contributed by atoms with E-state index in [2.05, 4.69) is 76.6 Å². The molecule has 4 aromatic rings. The monoisotopic (exact) mass is 352 g/mol. The first-order valence-electron chi connectivity index (χ1n) is 9.93. The third-order valence-electron chi connectivity index (χ3n) is 5.93. The lowest BCUT2D eigenvalue weighted by Gasteiger charge is -2.36. The average Bonchev–Trinajstić information content (AvgIpc) is 2.74. The van der Waals surface area contributed by atoms with Crippen LogP contribution in [0, 0.1) is 0 Å². The van der Waals surface area contributed by atoms with Gasteiger partial charge in [0.25, 0.3) is 0 Å². The molecule has 1 aromatic heterocycles. The summed E-state index contributed by atoms with van der Waals surface area (Å²) in [6.07, 6.45) is 7.71. The van der Waals surface area contributed by atoms with E-state index in [9.17, 15) is 0 Å². The Labute approximate surface area is 160 Å². The number of fused-ring (bicyclic) bond motifs is 2. The number of nitrogens with zero attached hydrogens (tertiary/aromatic N) is 2. The first-order valence-corrected chi connectivity index (χ1v) is 9.93. The van der Waals surface area contributed by atoms with Crippen molar-refractivity contribution in [2.24, 2.45) is 0 Å². The van der Waals surface area contributed by atoms with Gasteiger partial charge >= 0.3 is 0 Å². The fourth-order valence-corrected chi connectivity index (χ4v) is 4.61. The molecule has 1 aliphatic heterocycles. The summed E-state index contributed by atoms with van der Waals surface area (Å²) in [7, 11) is 0. The second-order valence-corrected chi connectivity index (χ2v) is 7.57. The molecule has 1 unspecified atom stereocenters. The van der Waals surface area contributed by atoms with Crippen molar-refractivity contribution >= 4 is 21.5 Å². The molecule has 0 N–H and O–H groups in total. The van der Waals surface area contributed by atoms with E-state index in [-0.39, 0.29) is 0 Å². The molecule has 1 atom stereocenters. The molecule has 0 bridgehead atoms. The van der Waals surface area contributed by atoms with Gasteiger partial charge in [0.15, 0.2) is 0 Å². The van der Waals surface area contributed by atoms with Crippen LogP contribution in [0.15, 0.2) is 79.1 Å². The Morgan fingerprint density at radius 1 is 0.852 bits per heavy atom. The molecule has 1 aliphatic rings. The standard InChI is InChI=1S/C25H24N2/c1-3-11-22-19(8-1)16-20-9-2-4-12-23(20)24(22)18-27-15-6-5-13-25(27)21-10-7-14-26-17-21/h1-4,7-12,14,16-17,25H,5-6,13,15,18H2. The van der Waals surface area contributed by atoms with Gasteiger partial charge in [0.05, 0.1) is 0 Å². The molecule has 1 fully saturated rings. The summed E-state index contributed by atoms with van der Waals surface area (Å²) in [4.78, 5) is 7.04. The van der Waals surface area contributed by atoms with Crippen molar-refractivity contribution in [3.63, 3.8) is 0 Å². The predicted molar refractivity (Wildman–Crippen MR) is 113 cm³/mol. The van der Waals surface area contributed by atoms with Gasteiger partial charge in [0.2, 0.25) is 0 Å². The number of hydrogen-bond acceptors (Lipinski definition) is 2. The fraction of sp³-hybridized carbons (Fsp3) is 0.240. The average molecular weight is 352 g/mol. The highest BCUT2D eigenvalue weighted by Gasteiger charge is 2.25. The van der Waals surface area contributed by atoms with Crippen molar-refractivity contribution < 1.29 is 0 Å². The van der Waals surface area contributed by atoms with E-state index in [0.29, 0.717) is 6.04 Å². The summed E-state index contributed by atoms with van der Waals surface area (Å²) >= 11 is 0.